The molecule has 1 atom stereocenters. The molecule has 0 bridgehead atoms. The third-order valence-electron chi connectivity index (χ3n) is 6.29. The molecule has 0 spiro atoms. The molecule has 2 aromatic rings. The molecule has 1 saturated heterocycles. The van der Waals surface area contributed by atoms with Gasteiger partial charge >= 0.3 is 0 Å². The maximum absolute atomic E-state index is 12.9. The molecule has 1 aromatic heterocycles. The number of hydrogen-bond donors (Lipinski definition) is 2. The van der Waals surface area contributed by atoms with Crippen molar-refractivity contribution in [1.82, 2.24) is 9.21 Å². The molecule has 0 aliphatic carbocycles. The molecule has 3 heterocycles. The average molecular weight is 521 g/mol. The van der Waals surface area contributed by atoms with E-state index in [0.717, 1.165) is 23.3 Å². The highest BCUT2D eigenvalue weighted by Gasteiger charge is 2.29. The lowest BCUT2D eigenvalue weighted by molar-refractivity contribution is -0.129. The van der Waals surface area contributed by atoms with Crippen LogP contribution in [-0.2, 0) is 32.5 Å². The SMILES string of the molecule is CC(=O)N1CCc2c(sc(NC(=O)c3ccc(S(=O)(=O)N(C)C[C@H]4CCCO4)cc3)c2C(N)=O)C1. The Morgan fingerprint density at radius 1 is 1.26 bits per heavy atom. The summed E-state index contributed by atoms with van der Waals surface area (Å²) in [5.41, 5.74) is 6.85. The molecule has 1 fully saturated rings. The second-order valence-electron chi connectivity index (χ2n) is 8.66. The first-order valence-corrected chi connectivity index (χ1v) is 13.5. The lowest BCUT2D eigenvalue weighted by Gasteiger charge is -2.25. The summed E-state index contributed by atoms with van der Waals surface area (Å²) >= 11 is 1.22. The van der Waals surface area contributed by atoms with Gasteiger partial charge in [0, 0.05) is 44.1 Å². The number of anilines is 1. The lowest BCUT2D eigenvalue weighted by Crippen LogP contribution is -2.34. The standard InChI is InChI=1S/C23H28N4O6S2/c1-14(28)27-10-9-18-19(13-27)34-23(20(18)21(24)29)25-22(30)15-5-7-17(8-6-15)35(31,32)26(2)12-16-4-3-11-33-16/h5-8,16H,3-4,9-13H2,1-2H3,(H2,24,29)(H,25,30)/t16-/m1/s1. The fraction of sp³-hybridized carbons (Fsp3) is 0.435. The van der Waals surface area contributed by atoms with Gasteiger partial charge in [-0.25, -0.2) is 8.42 Å². The van der Waals surface area contributed by atoms with Gasteiger partial charge in [0.2, 0.25) is 15.9 Å². The predicted octanol–water partition coefficient (Wildman–Crippen LogP) is 1.80. The zero-order valence-corrected chi connectivity index (χ0v) is 21.2. The fourth-order valence-electron chi connectivity index (χ4n) is 4.33. The third-order valence-corrected chi connectivity index (χ3v) is 9.25. The van der Waals surface area contributed by atoms with Gasteiger partial charge in [-0.3, -0.25) is 14.4 Å². The van der Waals surface area contributed by atoms with Gasteiger partial charge in [0.05, 0.1) is 23.1 Å². The second kappa shape index (κ2) is 10.1. The highest BCUT2D eigenvalue weighted by molar-refractivity contribution is 7.89. The zero-order chi connectivity index (χ0) is 25.3. The summed E-state index contributed by atoms with van der Waals surface area (Å²) in [7, 11) is -2.22. The number of nitrogens with two attached hydrogens (primary N) is 1. The van der Waals surface area contributed by atoms with Gasteiger partial charge in [0.25, 0.3) is 11.8 Å². The average Bonchev–Trinajstić information content (AvgIpc) is 3.45. The summed E-state index contributed by atoms with van der Waals surface area (Å²) in [4.78, 5) is 39.3. The van der Waals surface area contributed by atoms with Crippen LogP contribution in [0.25, 0.3) is 0 Å². The molecule has 2 aliphatic heterocycles. The number of primary amides is 1. The Labute approximate surface area is 208 Å². The molecule has 2 aliphatic rings. The van der Waals surface area contributed by atoms with Crippen molar-refractivity contribution in [2.24, 2.45) is 5.73 Å². The summed E-state index contributed by atoms with van der Waals surface area (Å²) in [6.07, 6.45) is 2.11. The Kier molecular flexibility index (Phi) is 7.27. The van der Waals surface area contributed by atoms with E-state index in [0.29, 0.717) is 31.1 Å². The molecule has 188 valence electrons. The Morgan fingerprint density at radius 2 is 1.97 bits per heavy atom. The van der Waals surface area contributed by atoms with Crippen molar-refractivity contribution < 1.29 is 27.5 Å². The van der Waals surface area contributed by atoms with Crippen LogP contribution in [0.5, 0.6) is 0 Å². The Morgan fingerprint density at radius 3 is 2.57 bits per heavy atom. The van der Waals surface area contributed by atoms with Crippen LogP contribution >= 0.6 is 11.3 Å². The molecular weight excluding hydrogens is 492 g/mol. The van der Waals surface area contributed by atoms with Crippen LogP contribution in [0.1, 0.15) is 50.9 Å². The first-order valence-electron chi connectivity index (χ1n) is 11.3. The number of carbonyl (C=O) groups is 3. The van der Waals surface area contributed by atoms with Gasteiger partial charge in [-0.15, -0.1) is 11.3 Å². The van der Waals surface area contributed by atoms with Gasteiger partial charge in [0.1, 0.15) is 5.00 Å². The number of fused-ring (bicyclic) bond motifs is 1. The van der Waals surface area contributed by atoms with E-state index in [9.17, 15) is 22.8 Å². The summed E-state index contributed by atoms with van der Waals surface area (Å²) in [5, 5.41) is 3.06. The van der Waals surface area contributed by atoms with Crippen LogP contribution in [0.15, 0.2) is 29.2 Å². The summed E-state index contributed by atoms with van der Waals surface area (Å²) in [6, 6.07) is 5.62. The Hall–Kier alpha value is -2.80. The number of hydrogen-bond acceptors (Lipinski definition) is 7. The van der Waals surface area contributed by atoms with Gasteiger partial charge in [-0.1, -0.05) is 0 Å². The summed E-state index contributed by atoms with van der Waals surface area (Å²) < 4.78 is 32.6. The highest BCUT2D eigenvalue weighted by Crippen LogP contribution is 2.37. The maximum Gasteiger partial charge on any atom is 0.256 e. The quantitative estimate of drug-likeness (QED) is 0.571. The highest BCUT2D eigenvalue weighted by atomic mass is 32.2. The number of benzene rings is 1. The third kappa shape index (κ3) is 5.25. The lowest BCUT2D eigenvalue weighted by atomic mass is 10.0. The van der Waals surface area contributed by atoms with Gasteiger partial charge < -0.3 is 20.7 Å². The van der Waals surface area contributed by atoms with E-state index in [4.69, 9.17) is 10.5 Å². The van der Waals surface area contributed by atoms with Crippen molar-refractivity contribution in [3.05, 3.63) is 45.8 Å². The number of rotatable bonds is 7. The van der Waals surface area contributed by atoms with E-state index in [1.165, 1.54) is 53.9 Å². The fourth-order valence-corrected chi connectivity index (χ4v) is 6.79. The van der Waals surface area contributed by atoms with Crippen LogP contribution in [0.2, 0.25) is 0 Å². The predicted molar refractivity (Wildman–Crippen MR) is 131 cm³/mol. The van der Waals surface area contributed by atoms with Gasteiger partial charge in [-0.05, 0) is 49.1 Å². The number of likely N-dealkylation sites (N-methyl/N-ethyl adjacent to an activating group) is 1. The van der Waals surface area contributed by atoms with Gasteiger partial charge in [0.15, 0.2) is 0 Å². The van der Waals surface area contributed by atoms with E-state index in [-0.39, 0.29) is 34.6 Å². The molecule has 35 heavy (non-hydrogen) atoms. The minimum atomic E-state index is -3.73. The summed E-state index contributed by atoms with van der Waals surface area (Å²) in [5.74, 6) is -1.21. The number of sulfonamides is 1. The van der Waals surface area contributed by atoms with Crippen molar-refractivity contribution in [3.63, 3.8) is 0 Å². The molecule has 0 saturated carbocycles. The van der Waals surface area contributed by atoms with E-state index < -0.39 is 21.8 Å². The molecule has 4 rings (SSSR count). The molecule has 3 N–H and O–H groups in total. The number of carbonyl (C=O) groups excluding carboxylic acids is 3. The molecule has 10 nitrogen and oxygen atoms in total. The smallest absolute Gasteiger partial charge is 0.256 e. The van der Waals surface area contributed by atoms with Gasteiger partial charge in [-0.2, -0.15) is 4.31 Å². The number of nitrogens with one attached hydrogen (secondary N) is 1. The first kappa shape index (κ1) is 25.3. The molecule has 1 aromatic carbocycles. The second-order valence-corrected chi connectivity index (χ2v) is 11.8. The number of nitrogens with zero attached hydrogens (tertiary/aromatic N) is 2. The molecule has 12 heteroatoms. The summed E-state index contributed by atoms with van der Waals surface area (Å²) in [6.45, 7) is 3.23. The van der Waals surface area contributed by atoms with Crippen molar-refractivity contribution in [2.45, 2.75) is 43.7 Å². The van der Waals surface area contributed by atoms with Crippen LogP contribution in [0.4, 0.5) is 5.00 Å². The van der Waals surface area contributed by atoms with Crippen molar-refractivity contribution in [2.75, 3.05) is 32.1 Å². The zero-order valence-electron chi connectivity index (χ0n) is 19.6. The molecule has 0 unspecified atom stereocenters. The van der Waals surface area contributed by atoms with Crippen molar-refractivity contribution in [3.8, 4) is 0 Å². The first-order chi connectivity index (χ1) is 16.6. The van der Waals surface area contributed by atoms with Crippen LogP contribution in [-0.4, -0.2) is 68.2 Å². The monoisotopic (exact) mass is 520 g/mol. The normalized spacial score (nSPS) is 17.9. The van der Waals surface area contributed by atoms with Crippen molar-refractivity contribution >= 4 is 44.1 Å². The Bertz CT molecular complexity index is 1250. The molecule has 0 radical (unpaired) electrons. The minimum Gasteiger partial charge on any atom is -0.377 e. The van der Waals surface area contributed by atoms with Crippen LogP contribution < -0.4 is 11.1 Å². The van der Waals surface area contributed by atoms with Crippen LogP contribution in [0.3, 0.4) is 0 Å². The van der Waals surface area contributed by atoms with Crippen LogP contribution in [0, 0.1) is 0 Å². The number of ether oxygens (including phenoxy) is 1. The topological polar surface area (TPSA) is 139 Å². The van der Waals surface area contributed by atoms with E-state index in [1.807, 2.05) is 0 Å². The largest absolute Gasteiger partial charge is 0.377 e. The van der Waals surface area contributed by atoms with E-state index in [1.54, 1.807) is 4.90 Å². The molecular formula is C23H28N4O6S2. The molecule has 3 amide bonds. The number of thiophene rings is 1. The maximum atomic E-state index is 12.9. The van der Waals surface area contributed by atoms with E-state index >= 15 is 0 Å². The minimum absolute atomic E-state index is 0.0632. The number of amides is 3. The van der Waals surface area contributed by atoms with Crippen molar-refractivity contribution in [1.29, 1.82) is 0 Å². The Balaban J connectivity index is 1.50. The van der Waals surface area contributed by atoms with E-state index in [2.05, 4.69) is 5.32 Å².